The Balaban J connectivity index is 1.22. The maximum absolute atomic E-state index is 14.6. The smallest absolute Gasteiger partial charge is 0.330 e. The van der Waals surface area contributed by atoms with Gasteiger partial charge < -0.3 is 33.2 Å². The Bertz CT molecular complexity index is 1840. The summed E-state index contributed by atoms with van der Waals surface area (Å²) in [6, 6.07) is 15.3. The lowest BCUT2D eigenvalue weighted by Crippen LogP contribution is -2.48. The fourth-order valence-corrected chi connectivity index (χ4v) is 8.76. The number of hydrogen-bond acceptors (Lipinski definition) is 11. The minimum Gasteiger partial charge on any atom is -0.493 e. The number of benzene rings is 3. The molecule has 5 aliphatic rings. The highest BCUT2D eigenvalue weighted by Crippen LogP contribution is 2.57. The minimum atomic E-state index is -1.19. The minimum absolute atomic E-state index is 0.00704. The Morgan fingerprint density at radius 3 is 2.06 bits per heavy atom. The van der Waals surface area contributed by atoms with E-state index in [-0.39, 0.29) is 31.6 Å². The third-order valence-corrected chi connectivity index (χ3v) is 11.1. The summed E-state index contributed by atoms with van der Waals surface area (Å²) in [7, 11) is 4.56. The van der Waals surface area contributed by atoms with Gasteiger partial charge in [0.15, 0.2) is 23.0 Å². The van der Waals surface area contributed by atoms with E-state index in [2.05, 4.69) is 0 Å². The number of imide groups is 1. The van der Waals surface area contributed by atoms with E-state index < -0.39 is 53.7 Å². The van der Waals surface area contributed by atoms with E-state index in [0.29, 0.717) is 58.3 Å². The molecule has 0 bridgehead atoms. The average Bonchev–Trinajstić information content (AvgIpc) is 3.85. The number of hydrogen-bond donors (Lipinski definition) is 0. The first-order valence-corrected chi connectivity index (χ1v) is 17.3. The van der Waals surface area contributed by atoms with Crippen LogP contribution in [0.15, 0.2) is 54.6 Å². The highest BCUT2D eigenvalue weighted by molar-refractivity contribution is 6.08. The standard InChI is InChI=1S/C39H39NO11/c1-45-30-14-21(15-31(46-2)35(30)47-3)32-24-16-28-29(50-19-49-28)17-25(24)34(26-18-48-39(44)33(26)32)51-38(43)27(13-20-9-5-4-6-10-20)40-36(41)22-11-7-8-12-23(22)37(40)42/h4-6,9-10,14-17,22-23,26-27,32-34H,7-8,11-13,18-19H2,1-3H3/t22?,23?,26-,27?,32?,33-,34-/m0/s1. The summed E-state index contributed by atoms with van der Waals surface area (Å²) in [5.41, 5.74) is 2.76. The highest BCUT2D eigenvalue weighted by atomic mass is 16.7. The molecular weight excluding hydrogens is 658 g/mol. The molecule has 3 aromatic rings. The van der Waals surface area contributed by atoms with E-state index >= 15 is 0 Å². The third-order valence-electron chi connectivity index (χ3n) is 11.1. The monoisotopic (exact) mass is 697 g/mol. The summed E-state index contributed by atoms with van der Waals surface area (Å²) >= 11 is 0. The Labute approximate surface area is 294 Å². The molecule has 266 valence electrons. The van der Waals surface area contributed by atoms with Gasteiger partial charge in [0.2, 0.25) is 24.4 Å². The molecule has 4 unspecified atom stereocenters. The predicted molar refractivity (Wildman–Crippen MR) is 179 cm³/mol. The maximum Gasteiger partial charge on any atom is 0.330 e. The molecule has 3 aliphatic heterocycles. The molecule has 0 spiro atoms. The van der Waals surface area contributed by atoms with E-state index in [0.717, 1.165) is 23.3 Å². The van der Waals surface area contributed by atoms with Gasteiger partial charge in [-0.15, -0.1) is 0 Å². The van der Waals surface area contributed by atoms with E-state index in [4.69, 9.17) is 33.2 Å². The van der Waals surface area contributed by atoms with Crippen molar-refractivity contribution in [2.45, 2.75) is 50.2 Å². The molecule has 1 saturated carbocycles. The SMILES string of the molecule is COc1cc(C2c3cc4c(cc3[C@H](OC(=O)C(Cc3ccccc3)N3C(=O)C5CCCCC5C3=O)[C@H]3COC(=O)[C@H]23)OCO4)cc(OC)c1OC. The normalized spacial score (nSPS) is 26.5. The first-order chi connectivity index (χ1) is 24.8. The van der Waals surface area contributed by atoms with E-state index in [9.17, 15) is 19.2 Å². The third kappa shape index (κ3) is 5.42. The number of rotatable bonds is 9. The van der Waals surface area contributed by atoms with Crippen molar-refractivity contribution < 1.29 is 52.3 Å². The summed E-state index contributed by atoms with van der Waals surface area (Å²) in [6.45, 7) is -0.00156. The number of amides is 2. The van der Waals surface area contributed by atoms with Gasteiger partial charge in [0.05, 0.1) is 45.7 Å². The first kappa shape index (κ1) is 32.9. The molecular formula is C39H39NO11. The molecule has 12 heteroatoms. The number of likely N-dealkylation sites (tertiary alicyclic amines) is 1. The molecule has 51 heavy (non-hydrogen) atoms. The van der Waals surface area contributed by atoms with Crippen molar-refractivity contribution in [1.29, 1.82) is 0 Å². The van der Waals surface area contributed by atoms with Crippen molar-refractivity contribution in [3.05, 3.63) is 76.9 Å². The second-order valence-electron chi connectivity index (χ2n) is 13.7. The van der Waals surface area contributed by atoms with Gasteiger partial charge in [-0.3, -0.25) is 19.3 Å². The molecule has 0 N–H and O–H groups in total. The van der Waals surface area contributed by atoms with E-state index in [1.165, 1.54) is 21.3 Å². The van der Waals surface area contributed by atoms with Gasteiger partial charge >= 0.3 is 11.9 Å². The Morgan fingerprint density at radius 1 is 0.824 bits per heavy atom. The number of nitrogens with zero attached hydrogens (tertiary/aromatic N) is 1. The number of ether oxygens (including phenoxy) is 7. The number of cyclic esters (lactones) is 1. The van der Waals surface area contributed by atoms with Crippen molar-refractivity contribution in [2.24, 2.45) is 23.7 Å². The molecule has 3 fully saturated rings. The topological polar surface area (TPSA) is 136 Å². The van der Waals surface area contributed by atoms with Crippen LogP contribution in [0.5, 0.6) is 28.7 Å². The molecule has 12 nitrogen and oxygen atoms in total. The number of fused-ring (bicyclic) bond motifs is 4. The quantitative estimate of drug-likeness (QED) is 0.227. The van der Waals surface area contributed by atoms with Gasteiger partial charge in [-0.25, -0.2) is 4.79 Å². The van der Waals surface area contributed by atoms with Crippen molar-refractivity contribution in [3.8, 4) is 28.7 Å². The van der Waals surface area contributed by atoms with Gasteiger partial charge in [0.1, 0.15) is 12.1 Å². The number of carbonyl (C=O) groups is 4. The van der Waals surface area contributed by atoms with Gasteiger partial charge in [0, 0.05) is 23.8 Å². The van der Waals surface area contributed by atoms with Crippen LogP contribution in [0.25, 0.3) is 0 Å². The molecule has 8 rings (SSSR count). The van der Waals surface area contributed by atoms with Crippen molar-refractivity contribution in [1.82, 2.24) is 4.90 Å². The van der Waals surface area contributed by atoms with Crippen molar-refractivity contribution in [3.63, 3.8) is 0 Å². The molecule has 2 amide bonds. The van der Waals surface area contributed by atoms with Crippen LogP contribution in [-0.4, -0.2) is 69.4 Å². The molecule has 0 aromatic heterocycles. The first-order valence-electron chi connectivity index (χ1n) is 17.3. The zero-order valence-corrected chi connectivity index (χ0v) is 28.6. The number of esters is 2. The summed E-state index contributed by atoms with van der Waals surface area (Å²) in [5.74, 6) is -2.47. The van der Waals surface area contributed by atoms with E-state index in [1.807, 2.05) is 36.4 Å². The fraction of sp³-hybridized carbons (Fsp3) is 0.436. The van der Waals surface area contributed by atoms with Gasteiger partial charge in [-0.1, -0.05) is 43.2 Å². The zero-order valence-electron chi connectivity index (χ0n) is 28.6. The Hall–Kier alpha value is -5.26. The fourth-order valence-electron chi connectivity index (χ4n) is 8.76. The van der Waals surface area contributed by atoms with Crippen molar-refractivity contribution in [2.75, 3.05) is 34.7 Å². The lowest BCUT2D eigenvalue weighted by Gasteiger charge is -2.39. The maximum atomic E-state index is 14.6. The highest BCUT2D eigenvalue weighted by Gasteiger charge is 2.56. The average molecular weight is 698 g/mol. The zero-order chi connectivity index (χ0) is 35.4. The molecule has 2 aliphatic carbocycles. The second-order valence-corrected chi connectivity index (χ2v) is 13.7. The van der Waals surface area contributed by atoms with E-state index in [1.54, 1.807) is 18.2 Å². The van der Waals surface area contributed by atoms with Crippen LogP contribution in [0, 0.1) is 23.7 Å². The number of carbonyl (C=O) groups excluding carboxylic acids is 4. The van der Waals surface area contributed by atoms with Gasteiger partial charge in [0.25, 0.3) is 0 Å². The largest absolute Gasteiger partial charge is 0.493 e. The molecule has 7 atom stereocenters. The van der Waals surface area contributed by atoms with Crippen LogP contribution in [0.4, 0.5) is 0 Å². The summed E-state index contributed by atoms with van der Waals surface area (Å²) in [4.78, 5) is 57.2. The predicted octanol–water partition coefficient (Wildman–Crippen LogP) is 4.75. The summed E-state index contributed by atoms with van der Waals surface area (Å²) < 4.78 is 40.6. The summed E-state index contributed by atoms with van der Waals surface area (Å²) in [6.07, 6.45) is 2.09. The lowest BCUT2D eigenvalue weighted by atomic mass is 9.66. The van der Waals surface area contributed by atoms with Crippen LogP contribution in [0.1, 0.15) is 60.0 Å². The second kappa shape index (κ2) is 13.1. The Morgan fingerprint density at radius 2 is 1.45 bits per heavy atom. The van der Waals surface area contributed by atoms with Crippen LogP contribution >= 0.6 is 0 Å². The molecule has 0 radical (unpaired) electrons. The van der Waals surface area contributed by atoms with Gasteiger partial charge in [-0.05, 0) is 53.8 Å². The number of methoxy groups -OCH3 is 3. The van der Waals surface area contributed by atoms with Gasteiger partial charge in [-0.2, -0.15) is 0 Å². The summed E-state index contributed by atoms with van der Waals surface area (Å²) in [5, 5.41) is 0. The van der Waals surface area contributed by atoms with Crippen LogP contribution < -0.4 is 23.7 Å². The van der Waals surface area contributed by atoms with Crippen molar-refractivity contribution >= 4 is 23.8 Å². The molecule has 3 heterocycles. The van der Waals surface area contributed by atoms with Crippen LogP contribution in [-0.2, 0) is 35.1 Å². The Kier molecular flexibility index (Phi) is 8.47. The van der Waals surface area contributed by atoms with Crippen LogP contribution in [0.3, 0.4) is 0 Å². The molecule has 3 aromatic carbocycles. The van der Waals surface area contributed by atoms with Crippen LogP contribution in [0.2, 0.25) is 0 Å². The molecule has 2 saturated heterocycles. The lowest BCUT2D eigenvalue weighted by molar-refractivity contribution is -0.166.